The van der Waals surface area contributed by atoms with Gasteiger partial charge in [0.05, 0.1) is 17.6 Å². The molecular weight excluding hydrogens is 230 g/mol. The van der Waals surface area contributed by atoms with Crippen molar-refractivity contribution in [1.29, 1.82) is 0 Å². The standard InChI is InChI=1S/C13H17N3O2/c1-3-18-13(17)12-7-10-11(5-4-6-15-10)16(12)8-9(2)14/h4-7,9H,3,8,14H2,1-2H3/t9-/m1/s1. The third kappa shape index (κ3) is 2.36. The van der Waals surface area contributed by atoms with Crippen LogP contribution in [0.2, 0.25) is 0 Å². The summed E-state index contributed by atoms with van der Waals surface area (Å²) in [7, 11) is 0. The summed E-state index contributed by atoms with van der Waals surface area (Å²) in [5, 5.41) is 0. The summed E-state index contributed by atoms with van der Waals surface area (Å²) in [4.78, 5) is 16.1. The van der Waals surface area contributed by atoms with Gasteiger partial charge in [-0.1, -0.05) is 0 Å². The molecule has 0 spiro atoms. The van der Waals surface area contributed by atoms with E-state index in [2.05, 4.69) is 4.98 Å². The molecule has 0 radical (unpaired) electrons. The lowest BCUT2D eigenvalue weighted by atomic mass is 10.3. The molecule has 2 rings (SSSR count). The van der Waals surface area contributed by atoms with Crippen LogP contribution in [0.15, 0.2) is 24.4 Å². The topological polar surface area (TPSA) is 70.1 Å². The quantitative estimate of drug-likeness (QED) is 0.832. The van der Waals surface area contributed by atoms with Gasteiger partial charge in [-0.25, -0.2) is 4.79 Å². The highest BCUT2D eigenvalue weighted by Crippen LogP contribution is 2.19. The van der Waals surface area contributed by atoms with Crippen LogP contribution in [0.25, 0.3) is 11.0 Å². The molecular formula is C13H17N3O2. The van der Waals surface area contributed by atoms with Gasteiger partial charge in [0.1, 0.15) is 5.69 Å². The first kappa shape index (κ1) is 12.6. The molecule has 2 aromatic rings. The fourth-order valence-electron chi connectivity index (χ4n) is 1.94. The number of hydrogen-bond donors (Lipinski definition) is 1. The number of hydrogen-bond acceptors (Lipinski definition) is 4. The molecule has 1 atom stereocenters. The van der Waals surface area contributed by atoms with Crippen LogP contribution in [0.1, 0.15) is 24.3 Å². The number of fused-ring (bicyclic) bond motifs is 1. The van der Waals surface area contributed by atoms with E-state index in [1.807, 2.05) is 23.6 Å². The molecule has 0 aliphatic heterocycles. The first-order chi connectivity index (χ1) is 8.63. The maximum Gasteiger partial charge on any atom is 0.355 e. The van der Waals surface area contributed by atoms with Gasteiger partial charge in [-0.15, -0.1) is 0 Å². The molecule has 0 aromatic carbocycles. The predicted molar refractivity (Wildman–Crippen MR) is 69.3 cm³/mol. The van der Waals surface area contributed by atoms with Crippen LogP contribution < -0.4 is 5.73 Å². The van der Waals surface area contributed by atoms with Crippen molar-refractivity contribution < 1.29 is 9.53 Å². The number of esters is 1. The van der Waals surface area contributed by atoms with E-state index in [0.29, 0.717) is 18.8 Å². The second kappa shape index (κ2) is 5.18. The molecule has 5 heteroatoms. The van der Waals surface area contributed by atoms with Crippen LogP contribution in [0.5, 0.6) is 0 Å². The Balaban J connectivity index is 2.53. The summed E-state index contributed by atoms with van der Waals surface area (Å²) in [6.45, 7) is 4.60. The fraction of sp³-hybridized carbons (Fsp3) is 0.385. The van der Waals surface area contributed by atoms with Gasteiger partial charge in [-0.2, -0.15) is 0 Å². The minimum Gasteiger partial charge on any atom is -0.461 e. The Bertz CT molecular complexity index is 560. The molecule has 18 heavy (non-hydrogen) atoms. The zero-order valence-electron chi connectivity index (χ0n) is 10.6. The van der Waals surface area contributed by atoms with E-state index < -0.39 is 0 Å². The molecule has 0 bridgehead atoms. The second-order valence-corrected chi connectivity index (χ2v) is 4.25. The van der Waals surface area contributed by atoms with Crippen molar-refractivity contribution >= 4 is 17.0 Å². The minimum atomic E-state index is -0.337. The molecule has 0 saturated carbocycles. The van der Waals surface area contributed by atoms with Gasteiger partial charge in [0, 0.05) is 18.8 Å². The number of nitrogens with zero attached hydrogens (tertiary/aromatic N) is 2. The van der Waals surface area contributed by atoms with Crippen LogP contribution in [-0.4, -0.2) is 28.2 Å². The number of rotatable bonds is 4. The number of carbonyl (C=O) groups excluding carboxylic acids is 1. The first-order valence-electron chi connectivity index (χ1n) is 6.00. The summed E-state index contributed by atoms with van der Waals surface area (Å²) in [5.74, 6) is -0.337. The number of pyridine rings is 1. The molecule has 0 fully saturated rings. The van der Waals surface area contributed by atoms with Gasteiger partial charge in [0.25, 0.3) is 0 Å². The smallest absolute Gasteiger partial charge is 0.355 e. The largest absolute Gasteiger partial charge is 0.461 e. The van der Waals surface area contributed by atoms with Crippen molar-refractivity contribution in [1.82, 2.24) is 9.55 Å². The van der Waals surface area contributed by atoms with E-state index in [9.17, 15) is 4.79 Å². The third-order valence-electron chi connectivity index (χ3n) is 2.63. The molecule has 2 N–H and O–H groups in total. The fourth-order valence-corrected chi connectivity index (χ4v) is 1.94. The Labute approximate surface area is 106 Å². The predicted octanol–water partition coefficient (Wildman–Crippen LogP) is 1.56. The molecule has 96 valence electrons. The second-order valence-electron chi connectivity index (χ2n) is 4.25. The number of aromatic nitrogens is 2. The van der Waals surface area contributed by atoms with Crippen LogP contribution in [0.4, 0.5) is 0 Å². The van der Waals surface area contributed by atoms with E-state index in [0.717, 1.165) is 11.0 Å². The van der Waals surface area contributed by atoms with Gasteiger partial charge < -0.3 is 15.0 Å². The normalized spacial score (nSPS) is 12.6. The summed E-state index contributed by atoms with van der Waals surface area (Å²) in [6, 6.07) is 5.46. The zero-order chi connectivity index (χ0) is 13.1. The van der Waals surface area contributed by atoms with Crippen molar-refractivity contribution in [3.63, 3.8) is 0 Å². The van der Waals surface area contributed by atoms with Crippen LogP contribution in [0.3, 0.4) is 0 Å². The Kier molecular flexibility index (Phi) is 3.62. The van der Waals surface area contributed by atoms with Crippen molar-refractivity contribution in [3.05, 3.63) is 30.1 Å². The Morgan fingerprint density at radius 2 is 2.39 bits per heavy atom. The van der Waals surface area contributed by atoms with Crippen molar-refractivity contribution in [2.24, 2.45) is 5.73 Å². The van der Waals surface area contributed by atoms with Crippen LogP contribution in [0, 0.1) is 0 Å². The van der Waals surface area contributed by atoms with Gasteiger partial charge >= 0.3 is 5.97 Å². The van der Waals surface area contributed by atoms with Crippen molar-refractivity contribution in [2.45, 2.75) is 26.4 Å². The molecule has 2 aromatic heterocycles. The first-order valence-corrected chi connectivity index (χ1v) is 6.00. The lowest BCUT2D eigenvalue weighted by Crippen LogP contribution is -2.24. The molecule has 0 unspecified atom stereocenters. The molecule has 0 amide bonds. The van der Waals surface area contributed by atoms with Crippen LogP contribution in [-0.2, 0) is 11.3 Å². The summed E-state index contributed by atoms with van der Waals surface area (Å²) < 4.78 is 6.92. The maximum atomic E-state index is 11.9. The highest BCUT2D eigenvalue weighted by molar-refractivity contribution is 5.94. The van der Waals surface area contributed by atoms with E-state index >= 15 is 0 Å². The minimum absolute atomic E-state index is 0.0472. The monoisotopic (exact) mass is 247 g/mol. The molecule has 0 aliphatic carbocycles. The molecule has 5 nitrogen and oxygen atoms in total. The van der Waals surface area contributed by atoms with E-state index in [1.54, 1.807) is 19.2 Å². The van der Waals surface area contributed by atoms with E-state index in [-0.39, 0.29) is 12.0 Å². The highest BCUT2D eigenvalue weighted by Gasteiger charge is 2.17. The molecule has 0 aliphatic rings. The maximum absolute atomic E-state index is 11.9. The summed E-state index contributed by atoms with van der Waals surface area (Å²) in [6.07, 6.45) is 1.70. The zero-order valence-corrected chi connectivity index (χ0v) is 10.6. The Hall–Kier alpha value is -1.88. The number of carbonyl (C=O) groups is 1. The van der Waals surface area contributed by atoms with Gasteiger partial charge in [-0.05, 0) is 32.0 Å². The van der Waals surface area contributed by atoms with Gasteiger partial charge in [-0.3, -0.25) is 4.98 Å². The van der Waals surface area contributed by atoms with Gasteiger partial charge in [0.2, 0.25) is 0 Å². The summed E-state index contributed by atoms with van der Waals surface area (Å²) >= 11 is 0. The van der Waals surface area contributed by atoms with Gasteiger partial charge in [0.15, 0.2) is 0 Å². The number of nitrogens with two attached hydrogens (primary N) is 1. The third-order valence-corrected chi connectivity index (χ3v) is 2.63. The van der Waals surface area contributed by atoms with Crippen LogP contribution >= 0.6 is 0 Å². The van der Waals surface area contributed by atoms with Crippen molar-refractivity contribution in [3.8, 4) is 0 Å². The Morgan fingerprint density at radius 1 is 1.61 bits per heavy atom. The van der Waals surface area contributed by atoms with E-state index in [4.69, 9.17) is 10.5 Å². The molecule has 2 heterocycles. The van der Waals surface area contributed by atoms with Crippen molar-refractivity contribution in [2.75, 3.05) is 6.61 Å². The lowest BCUT2D eigenvalue weighted by molar-refractivity contribution is 0.0514. The SMILES string of the molecule is CCOC(=O)c1cc2ncccc2n1C[C@@H](C)N. The number of ether oxygens (including phenoxy) is 1. The summed E-state index contributed by atoms with van der Waals surface area (Å²) in [5.41, 5.74) is 8.01. The Morgan fingerprint density at radius 3 is 3.06 bits per heavy atom. The lowest BCUT2D eigenvalue weighted by Gasteiger charge is -2.12. The molecule has 0 saturated heterocycles. The average molecular weight is 247 g/mol. The van der Waals surface area contributed by atoms with E-state index in [1.165, 1.54) is 0 Å². The average Bonchev–Trinajstić information content (AvgIpc) is 2.68. The highest BCUT2D eigenvalue weighted by atomic mass is 16.5.